The SMILES string of the molecule is CC(Cl)C(=O)OCCCCCCN=[N+]=[N-]. The largest absolute Gasteiger partial charge is 0.465 e. The van der Waals surface area contributed by atoms with Gasteiger partial charge in [0.25, 0.3) is 0 Å². The number of rotatable bonds is 8. The smallest absolute Gasteiger partial charge is 0.323 e. The molecule has 15 heavy (non-hydrogen) atoms. The van der Waals surface area contributed by atoms with E-state index >= 15 is 0 Å². The summed E-state index contributed by atoms with van der Waals surface area (Å²) in [5, 5.41) is 2.84. The van der Waals surface area contributed by atoms with Gasteiger partial charge in [-0.15, -0.1) is 11.6 Å². The van der Waals surface area contributed by atoms with Crippen molar-refractivity contribution in [3.8, 4) is 0 Å². The second kappa shape index (κ2) is 9.62. The fourth-order valence-electron chi connectivity index (χ4n) is 0.970. The summed E-state index contributed by atoms with van der Waals surface area (Å²) >= 11 is 5.50. The van der Waals surface area contributed by atoms with Crippen LogP contribution in [-0.2, 0) is 9.53 Å². The van der Waals surface area contributed by atoms with Gasteiger partial charge in [-0.25, -0.2) is 0 Å². The molecule has 0 aliphatic rings. The van der Waals surface area contributed by atoms with Gasteiger partial charge >= 0.3 is 5.97 Å². The first kappa shape index (κ1) is 14.1. The maximum absolute atomic E-state index is 10.9. The summed E-state index contributed by atoms with van der Waals surface area (Å²) < 4.78 is 4.88. The van der Waals surface area contributed by atoms with Crippen molar-refractivity contribution in [2.24, 2.45) is 5.11 Å². The zero-order chi connectivity index (χ0) is 11.5. The molecule has 0 rings (SSSR count). The van der Waals surface area contributed by atoms with Crippen molar-refractivity contribution in [2.75, 3.05) is 13.2 Å². The third-order valence-electron chi connectivity index (χ3n) is 1.78. The van der Waals surface area contributed by atoms with Crippen molar-refractivity contribution in [1.29, 1.82) is 0 Å². The summed E-state index contributed by atoms with van der Waals surface area (Å²) in [5.74, 6) is -0.370. The van der Waals surface area contributed by atoms with E-state index in [1.165, 1.54) is 0 Å². The molecule has 0 bridgehead atoms. The first-order valence-electron chi connectivity index (χ1n) is 5.00. The molecule has 0 aromatic heterocycles. The summed E-state index contributed by atoms with van der Waals surface area (Å²) in [6.07, 6.45) is 3.65. The Hall–Kier alpha value is -0.930. The van der Waals surface area contributed by atoms with E-state index in [1.807, 2.05) is 0 Å². The molecule has 6 heteroatoms. The number of alkyl halides is 1. The zero-order valence-corrected chi connectivity index (χ0v) is 9.61. The summed E-state index contributed by atoms with van der Waals surface area (Å²) in [6.45, 7) is 2.54. The third kappa shape index (κ3) is 9.38. The van der Waals surface area contributed by atoms with E-state index in [0.29, 0.717) is 13.2 Å². The minimum absolute atomic E-state index is 0.370. The van der Waals surface area contributed by atoms with Crippen LogP contribution in [0, 0.1) is 0 Å². The fraction of sp³-hybridized carbons (Fsp3) is 0.889. The lowest BCUT2D eigenvalue weighted by atomic mass is 10.2. The Morgan fingerprint density at radius 3 is 2.73 bits per heavy atom. The van der Waals surface area contributed by atoms with Crippen molar-refractivity contribution >= 4 is 17.6 Å². The molecule has 0 amide bonds. The van der Waals surface area contributed by atoms with E-state index in [1.54, 1.807) is 6.92 Å². The predicted molar refractivity (Wildman–Crippen MR) is 58.8 cm³/mol. The maximum atomic E-state index is 10.9. The summed E-state index contributed by atoms with van der Waals surface area (Å²) in [7, 11) is 0. The Kier molecular flexibility index (Phi) is 9.02. The van der Waals surface area contributed by atoms with Gasteiger partial charge in [-0.1, -0.05) is 18.0 Å². The number of unbranched alkanes of at least 4 members (excludes halogenated alkanes) is 3. The van der Waals surface area contributed by atoms with Gasteiger partial charge < -0.3 is 4.74 Å². The molecule has 0 spiro atoms. The third-order valence-corrected chi connectivity index (χ3v) is 1.96. The van der Waals surface area contributed by atoms with Crippen LogP contribution in [0.3, 0.4) is 0 Å². The highest BCUT2D eigenvalue weighted by molar-refractivity contribution is 6.29. The standard InChI is InChI=1S/C9H16ClN3O2/c1-8(10)9(14)15-7-5-3-2-4-6-12-13-11/h8H,2-7H2,1H3. The van der Waals surface area contributed by atoms with Crippen LogP contribution in [-0.4, -0.2) is 24.5 Å². The van der Waals surface area contributed by atoms with Gasteiger partial charge in [0.1, 0.15) is 5.38 Å². The molecule has 0 fully saturated rings. The number of halogens is 1. The Morgan fingerprint density at radius 1 is 1.47 bits per heavy atom. The number of nitrogens with zero attached hydrogens (tertiary/aromatic N) is 3. The van der Waals surface area contributed by atoms with E-state index in [-0.39, 0.29) is 5.97 Å². The molecule has 0 aromatic rings. The summed E-state index contributed by atoms with van der Waals surface area (Å²) in [4.78, 5) is 13.6. The monoisotopic (exact) mass is 233 g/mol. The molecule has 0 aromatic carbocycles. The topological polar surface area (TPSA) is 75.1 Å². The van der Waals surface area contributed by atoms with Crippen molar-refractivity contribution in [1.82, 2.24) is 0 Å². The van der Waals surface area contributed by atoms with E-state index in [0.717, 1.165) is 25.7 Å². The van der Waals surface area contributed by atoms with Crippen molar-refractivity contribution < 1.29 is 9.53 Å². The molecule has 86 valence electrons. The molecule has 0 aliphatic carbocycles. The Balaban J connectivity index is 3.18. The maximum Gasteiger partial charge on any atom is 0.323 e. The van der Waals surface area contributed by atoms with Gasteiger partial charge in [0.2, 0.25) is 0 Å². The lowest BCUT2D eigenvalue weighted by Crippen LogP contribution is -2.14. The average Bonchev–Trinajstić information content (AvgIpc) is 2.21. The molecule has 0 radical (unpaired) electrons. The molecule has 0 saturated heterocycles. The predicted octanol–water partition coefficient (Wildman–Crippen LogP) is 3.03. The van der Waals surface area contributed by atoms with Crippen LogP contribution in [0.2, 0.25) is 0 Å². The quantitative estimate of drug-likeness (QED) is 0.161. The Morgan fingerprint density at radius 2 is 2.13 bits per heavy atom. The van der Waals surface area contributed by atoms with Crippen LogP contribution in [0.4, 0.5) is 0 Å². The molecule has 1 atom stereocenters. The van der Waals surface area contributed by atoms with E-state index in [9.17, 15) is 4.79 Å². The number of hydrogen-bond acceptors (Lipinski definition) is 3. The minimum Gasteiger partial charge on any atom is -0.465 e. The lowest BCUT2D eigenvalue weighted by molar-refractivity contribution is -0.142. The number of hydrogen-bond donors (Lipinski definition) is 0. The summed E-state index contributed by atoms with van der Waals surface area (Å²) in [5.41, 5.74) is 8.01. The number of carbonyl (C=O) groups excluding carboxylic acids is 1. The van der Waals surface area contributed by atoms with Gasteiger partial charge in [-0.2, -0.15) is 0 Å². The first-order valence-corrected chi connectivity index (χ1v) is 5.43. The lowest BCUT2D eigenvalue weighted by Gasteiger charge is -2.05. The van der Waals surface area contributed by atoms with Gasteiger partial charge in [-0.05, 0) is 25.3 Å². The van der Waals surface area contributed by atoms with Gasteiger partial charge in [0.05, 0.1) is 6.61 Å². The Bertz CT molecular complexity index is 227. The zero-order valence-electron chi connectivity index (χ0n) is 8.86. The molecule has 0 saturated carbocycles. The number of carbonyl (C=O) groups is 1. The van der Waals surface area contributed by atoms with Crippen molar-refractivity contribution in [3.05, 3.63) is 10.4 Å². The molecule has 5 nitrogen and oxygen atoms in total. The van der Waals surface area contributed by atoms with Crippen LogP contribution >= 0.6 is 11.6 Å². The number of esters is 1. The molecule has 1 unspecified atom stereocenters. The second-order valence-electron chi connectivity index (χ2n) is 3.15. The van der Waals surface area contributed by atoms with Crippen LogP contribution < -0.4 is 0 Å². The molecular formula is C9H16ClN3O2. The van der Waals surface area contributed by atoms with E-state index in [2.05, 4.69) is 10.0 Å². The normalized spacial score (nSPS) is 11.6. The van der Waals surface area contributed by atoms with Gasteiger partial charge in [-0.3, -0.25) is 4.79 Å². The van der Waals surface area contributed by atoms with Crippen LogP contribution in [0.1, 0.15) is 32.6 Å². The van der Waals surface area contributed by atoms with Crippen molar-refractivity contribution in [2.45, 2.75) is 38.0 Å². The van der Waals surface area contributed by atoms with Crippen molar-refractivity contribution in [3.63, 3.8) is 0 Å². The highest BCUT2D eigenvalue weighted by Crippen LogP contribution is 2.02. The van der Waals surface area contributed by atoms with Crippen LogP contribution in [0.15, 0.2) is 5.11 Å². The summed E-state index contributed by atoms with van der Waals surface area (Å²) in [6, 6.07) is 0. The molecular weight excluding hydrogens is 218 g/mol. The van der Waals surface area contributed by atoms with Gasteiger partial charge in [0, 0.05) is 11.5 Å². The second-order valence-corrected chi connectivity index (χ2v) is 3.81. The highest BCUT2D eigenvalue weighted by Gasteiger charge is 2.09. The molecule has 0 N–H and O–H groups in total. The molecule has 0 heterocycles. The fourth-order valence-corrected chi connectivity index (χ4v) is 1.03. The molecule has 0 aliphatic heterocycles. The van der Waals surface area contributed by atoms with Crippen LogP contribution in [0.25, 0.3) is 10.4 Å². The average molecular weight is 234 g/mol. The highest BCUT2D eigenvalue weighted by atomic mass is 35.5. The Labute approximate surface area is 94.4 Å². The van der Waals surface area contributed by atoms with Crippen LogP contribution in [0.5, 0.6) is 0 Å². The minimum atomic E-state index is -0.574. The number of ether oxygens (including phenoxy) is 1. The first-order chi connectivity index (χ1) is 7.18. The van der Waals surface area contributed by atoms with E-state index < -0.39 is 5.38 Å². The van der Waals surface area contributed by atoms with E-state index in [4.69, 9.17) is 21.9 Å². The number of azide groups is 1. The van der Waals surface area contributed by atoms with Gasteiger partial charge in [0.15, 0.2) is 0 Å².